The van der Waals surface area contributed by atoms with Crippen molar-refractivity contribution in [2.75, 3.05) is 13.7 Å². The van der Waals surface area contributed by atoms with E-state index in [0.29, 0.717) is 24.6 Å². The van der Waals surface area contributed by atoms with Crippen LogP contribution >= 0.6 is 15.9 Å². The number of halogens is 1. The Morgan fingerprint density at radius 3 is 2.36 bits per heavy atom. The van der Waals surface area contributed by atoms with Crippen LogP contribution in [0.5, 0.6) is 11.5 Å². The van der Waals surface area contributed by atoms with Gasteiger partial charge in [0.1, 0.15) is 17.5 Å². The van der Waals surface area contributed by atoms with Crippen molar-refractivity contribution >= 4 is 27.7 Å². The highest BCUT2D eigenvalue weighted by molar-refractivity contribution is 9.10. The third kappa shape index (κ3) is 7.73. The second-order valence-corrected chi connectivity index (χ2v) is 10.6. The van der Waals surface area contributed by atoms with E-state index >= 15 is 0 Å². The molecule has 1 N–H and O–H groups in total. The summed E-state index contributed by atoms with van der Waals surface area (Å²) in [5.41, 5.74) is 2.11. The van der Waals surface area contributed by atoms with Crippen molar-refractivity contribution in [2.24, 2.45) is 0 Å². The zero-order valence-corrected chi connectivity index (χ0v) is 23.5. The average molecular weight is 560 g/mol. The number of hydrogen-bond acceptors (Lipinski definition) is 4. The largest absolute Gasteiger partial charge is 0.497 e. The van der Waals surface area contributed by atoms with E-state index in [4.69, 9.17) is 9.47 Å². The van der Waals surface area contributed by atoms with E-state index in [9.17, 15) is 9.59 Å². The van der Waals surface area contributed by atoms with E-state index in [-0.39, 0.29) is 24.5 Å². The van der Waals surface area contributed by atoms with Crippen LogP contribution in [0.2, 0.25) is 0 Å². The number of hydrogen-bond donors (Lipinski definition) is 1. The first-order valence-corrected chi connectivity index (χ1v) is 13.8. The minimum absolute atomic E-state index is 0.0891. The van der Waals surface area contributed by atoms with E-state index in [0.717, 1.165) is 41.5 Å². The predicted molar refractivity (Wildman–Crippen MR) is 146 cm³/mol. The Morgan fingerprint density at radius 2 is 1.78 bits per heavy atom. The minimum Gasteiger partial charge on any atom is -0.497 e. The topological polar surface area (TPSA) is 67.9 Å². The molecule has 2 aromatic rings. The molecule has 7 heteroatoms. The van der Waals surface area contributed by atoms with Crippen LogP contribution in [0.1, 0.15) is 76.3 Å². The zero-order chi connectivity index (χ0) is 26.1. The second-order valence-electron chi connectivity index (χ2n) is 9.77. The van der Waals surface area contributed by atoms with Gasteiger partial charge < -0.3 is 19.7 Å². The van der Waals surface area contributed by atoms with Crippen LogP contribution in [0.15, 0.2) is 46.9 Å². The van der Waals surface area contributed by atoms with Crippen LogP contribution in [0.25, 0.3) is 0 Å². The fourth-order valence-electron chi connectivity index (χ4n) is 4.61. The van der Waals surface area contributed by atoms with Gasteiger partial charge in [0.2, 0.25) is 5.91 Å². The van der Waals surface area contributed by atoms with Crippen LogP contribution < -0.4 is 14.8 Å². The van der Waals surface area contributed by atoms with E-state index in [1.165, 1.54) is 12.0 Å². The Morgan fingerprint density at radius 1 is 1.08 bits per heavy atom. The van der Waals surface area contributed by atoms with Gasteiger partial charge in [0.25, 0.3) is 5.91 Å². The lowest BCUT2D eigenvalue weighted by molar-refractivity contribution is -0.143. The minimum atomic E-state index is -0.572. The lowest BCUT2D eigenvalue weighted by Crippen LogP contribution is -2.52. The molecule has 1 aliphatic rings. The highest BCUT2D eigenvalue weighted by atomic mass is 79.9. The number of carbonyl (C=O) groups is 2. The summed E-state index contributed by atoms with van der Waals surface area (Å²) < 4.78 is 12.0. The Bertz CT molecular complexity index is 1000. The van der Waals surface area contributed by atoms with Gasteiger partial charge in [-0.15, -0.1) is 0 Å². The fourth-order valence-corrected chi connectivity index (χ4v) is 5.12. The molecule has 36 heavy (non-hydrogen) atoms. The molecule has 3 rings (SSSR count). The fraction of sp³-hybridized carbons (Fsp3) is 0.517. The SMILES string of the molecule is CC[C@@H](C(=O)NC1CCCCC1)N(Cc1ccc(OC)cc1)C(=O)COc1ccc(C(C)C)cc1Br. The molecule has 0 spiro atoms. The van der Waals surface area contributed by atoms with Crippen molar-refractivity contribution in [3.05, 3.63) is 58.1 Å². The van der Waals surface area contributed by atoms with Crippen molar-refractivity contribution in [1.29, 1.82) is 0 Å². The van der Waals surface area contributed by atoms with Crippen LogP contribution in [-0.2, 0) is 16.1 Å². The van der Waals surface area contributed by atoms with Crippen molar-refractivity contribution < 1.29 is 19.1 Å². The molecule has 0 aliphatic heterocycles. The third-order valence-corrected chi connectivity index (χ3v) is 7.44. The van der Waals surface area contributed by atoms with E-state index in [1.54, 1.807) is 12.0 Å². The smallest absolute Gasteiger partial charge is 0.261 e. The summed E-state index contributed by atoms with van der Waals surface area (Å²) in [4.78, 5) is 28.5. The van der Waals surface area contributed by atoms with Crippen LogP contribution in [0.3, 0.4) is 0 Å². The summed E-state index contributed by atoms with van der Waals surface area (Å²) >= 11 is 3.57. The molecule has 1 fully saturated rings. The quantitative estimate of drug-likeness (QED) is 0.355. The first-order chi connectivity index (χ1) is 17.3. The average Bonchev–Trinajstić information content (AvgIpc) is 2.88. The number of carbonyl (C=O) groups excluding carboxylic acids is 2. The lowest BCUT2D eigenvalue weighted by atomic mass is 9.95. The van der Waals surface area contributed by atoms with Gasteiger partial charge in [0.05, 0.1) is 11.6 Å². The maximum absolute atomic E-state index is 13.5. The normalized spacial score (nSPS) is 14.8. The molecule has 0 saturated heterocycles. The first-order valence-electron chi connectivity index (χ1n) is 13.0. The van der Waals surface area contributed by atoms with E-state index in [2.05, 4.69) is 35.1 Å². The number of nitrogens with zero attached hydrogens (tertiary/aromatic N) is 1. The predicted octanol–water partition coefficient (Wildman–Crippen LogP) is 6.22. The van der Waals surface area contributed by atoms with Gasteiger partial charge in [0, 0.05) is 12.6 Å². The Balaban J connectivity index is 1.77. The summed E-state index contributed by atoms with van der Waals surface area (Å²) in [5.74, 6) is 1.43. The maximum Gasteiger partial charge on any atom is 0.261 e. The van der Waals surface area contributed by atoms with Gasteiger partial charge in [-0.05, 0) is 76.5 Å². The van der Waals surface area contributed by atoms with Gasteiger partial charge in [-0.3, -0.25) is 9.59 Å². The molecule has 2 aromatic carbocycles. The number of rotatable bonds is 11. The summed E-state index contributed by atoms with van der Waals surface area (Å²) in [6.45, 7) is 6.37. The first kappa shape index (κ1) is 28.0. The molecule has 2 amide bonds. The van der Waals surface area contributed by atoms with Crippen molar-refractivity contribution in [1.82, 2.24) is 10.2 Å². The summed E-state index contributed by atoms with van der Waals surface area (Å²) in [6.07, 6.45) is 6.00. The molecule has 6 nitrogen and oxygen atoms in total. The Labute approximate surface area is 223 Å². The molecular formula is C29H39BrN2O4. The van der Waals surface area contributed by atoms with E-state index < -0.39 is 6.04 Å². The molecule has 1 aliphatic carbocycles. The molecule has 0 unspecified atom stereocenters. The van der Waals surface area contributed by atoms with E-state index in [1.807, 2.05) is 49.4 Å². The van der Waals surface area contributed by atoms with Gasteiger partial charge in [0.15, 0.2) is 6.61 Å². The molecule has 0 heterocycles. The molecule has 0 radical (unpaired) electrons. The summed E-state index contributed by atoms with van der Waals surface area (Å²) in [5, 5.41) is 3.21. The summed E-state index contributed by atoms with van der Waals surface area (Å²) in [6, 6.07) is 13.1. The van der Waals surface area contributed by atoms with Gasteiger partial charge in [-0.2, -0.15) is 0 Å². The molecule has 196 valence electrons. The molecule has 0 aromatic heterocycles. The van der Waals surface area contributed by atoms with Crippen LogP contribution in [0.4, 0.5) is 0 Å². The van der Waals surface area contributed by atoms with Gasteiger partial charge in [-0.1, -0.05) is 58.2 Å². The van der Waals surface area contributed by atoms with Crippen molar-refractivity contribution in [3.8, 4) is 11.5 Å². The number of amides is 2. The van der Waals surface area contributed by atoms with Crippen molar-refractivity contribution in [2.45, 2.75) is 83.8 Å². The lowest BCUT2D eigenvalue weighted by Gasteiger charge is -2.32. The second kappa shape index (κ2) is 13.7. The molecule has 0 bridgehead atoms. The number of nitrogens with one attached hydrogen (secondary N) is 1. The standard InChI is InChI=1S/C29H39BrN2O4/c1-5-26(29(34)31-23-9-7-6-8-10-23)32(18-21-11-14-24(35-4)15-12-21)28(33)19-36-27-16-13-22(20(2)3)17-25(27)30/h11-17,20,23,26H,5-10,18-19H2,1-4H3,(H,31,34)/t26-/m0/s1. The number of benzene rings is 2. The molecule has 1 saturated carbocycles. The Kier molecular flexibility index (Phi) is 10.7. The summed E-state index contributed by atoms with van der Waals surface area (Å²) in [7, 11) is 1.62. The third-order valence-electron chi connectivity index (χ3n) is 6.82. The molecule has 1 atom stereocenters. The van der Waals surface area contributed by atoms with Crippen LogP contribution in [0, 0.1) is 0 Å². The monoisotopic (exact) mass is 558 g/mol. The van der Waals surface area contributed by atoms with Crippen molar-refractivity contribution in [3.63, 3.8) is 0 Å². The van der Waals surface area contributed by atoms with Gasteiger partial charge in [-0.25, -0.2) is 0 Å². The Hall–Kier alpha value is -2.54. The number of methoxy groups -OCH3 is 1. The van der Waals surface area contributed by atoms with Crippen LogP contribution in [-0.4, -0.2) is 42.5 Å². The zero-order valence-electron chi connectivity index (χ0n) is 21.9. The number of ether oxygens (including phenoxy) is 2. The maximum atomic E-state index is 13.5. The molecular weight excluding hydrogens is 520 g/mol. The highest BCUT2D eigenvalue weighted by Crippen LogP contribution is 2.29. The van der Waals surface area contributed by atoms with Gasteiger partial charge >= 0.3 is 0 Å². The highest BCUT2D eigenvalue weighted by Gasteiger charge is 2.30.